The van der Waals surface area contributed by atoms with Crippen LogP contribution in [0.5, 0.6) is 5.75 Å². The Kier molecular flexibility index (Phi) is 3.06. The van der Waals surface area contributed by atoms with Crippen molar-refractivity contribution in [2.45, 2.75) is 6.36 Å². The monoisotopic (exact) mass is 223 g/mol. The molecule has 0 radical (unpaired) electrons. The fourth-order valence-corrected chi connectivity index (χ4v) is 1.03. The van der Waals surface area contributed by atoms with Crippen molar-refractivity contribution in [3.05, 3.63) is 24.0 Å². The maximum Gasteiger partial charge on any atom is 0.573 e. The standard InChI is InChI=1S/C9H9F4NO/c1-14(2)8-5-6(3-4-7(8)10)15-9(11,12)13/h3-5H,1-2H3. The van der Waals surface area contributed by atoms with Crippen LogP contribution in [0.3, 0.4) is 0 Å². The van der Waals surface area contributed by atoms with Gasteiger partial charge in [0.1, 0.15) is 11.6 Å². The molecule has 0 saturated carbocycles. The number of rotatable bonds is 2. The van der Waals surface area contributed by atoms with Gasteiger partial charge in [0.15, 0.2) is 0 Å². The molecule has 0 aliphatic carbocycles. The van der Waals surface area contributed by atoms with Crippen LogP contribution in [-0.4, -0.2) is 20.5 Å². The van der Waals surface area contributed by atoms with Crippen LogP contribution in [0, 0.1) is 5.82 Å². The third-order valence-electron chi connectivity index (χ3n) is 1.63. The van der Waals surface area contributed by atoms with Gasteiger partial charge in [-0.15, -0.1) is 13.2 Å². The molecule has 1 rings (SSSR count). The van der Waals surface area contributed by atoms with Gasteiger partial charge in [-0.2, -0.15) is 0 Å². The first-order valence-corrected chi connectivity index (χ1v) is 4.02. The molecule has 0 spiro atoms. The van der Waals surface area contributed by atoms with Crippen molar-refractivity contribution >= 4 is 5.69 Å². The minimum atomic E-state index is -4.76. The summed E-state index contributed by atoms with van der Waals surface area (Å²) < 4.78 is 52.3. The van der Waals surface area contributed by atoms with Gasteiger partial charge in [-0.25, -0.2) is 4.39 Å². The van der Waals surface area contributed by atoms with Gasteiger partial charge in [0.05, 0.1) is 5.69 Å². The second-order valence-corrected chi connectivity index (χ2v) is 3.06. The van der Waals surface area contributed by atoms with Crippen LogP contribution in [0.1, 0.15) is 0 Å². The third kappa shape index (κ3) is 3.30. The van der Waals surface area contributed by atoms with Crippen LogP contribution in [-0.2, 0) is 0 Å². The second kappa shape index (κ2) is 3.96. The van der Waals surface area contributed by atoms with Crippen molar-refractivity contribution in [1.29, 1.82) is 0 Å². The fourth-order valence-electron chi connectivity index (χ4n) is 1.03. The van der Waals surface area contributed by atoms with Gasteiger partial charge in [-0.3, -0.25) is 0 Å². The average molecular weight is 223 g/mol. The summed E-state index contributed by atoms with van der Waals surface area (Å²) in [6.07, 6.45) is -4.76. The lowest BCUT2D eigenvalue weighted by atomic mass is 10.2. The Morgan fingerprint density at radius 3 is 2.27 bits per heavy atom. The molecule has 0 aromatic heterocycles. The molecule has 0 amide bonds. The number of halogens is 4. The predicted molar refractivity (Wildman–Crippen MR) is 47.4 cm³/mol. The van der Waals surface area contributed by atoms with Crippen molar-refractivity contribution in [2.75, 3.05) is 19.0 Å². The molecule has 0 N–H and O–H groups in total. The second-order valence-electron chi connectivity index (χ2n) is 3.06. The summed E-state index contributed by atoms with van der Waals surface area (Å²) in [6.45, 7) is 0. The van der Waals surface area contributed by atoms with Gasteiger partial charge in [0.2, 0.25) is 0 Å². The van der Waals surface area contributed by atoms with E-state index in [2.05, 4.69) is 4.74 Å². The van der Waals surface area contributed by atoms with Gasteiger partial charge < -0.3 is 9.64 Å². The maximum atomic E-state index is 13.1. The van der Waals surface area contributed by atoms with Crippen molar-refractivity contribution in [3.8, 4) is 5.75 Å². The Morgan fingerprint density at radius 2 is 1.80 bits per heavy atom. The lowest BCUT2D eigenvalue weighted by Crippen LogP contribution is -2.18. The highest BCUT2D eigenvalue weighted by Gasteiger charge is 2.31. The number of hydrogen-bond donors (Lipinski definition) is 0. The molecule has 0 atom stereocenters. The summed E-state index contributed by atoms with van der Waals surface area (Å²) >= 11 is 0. The van der Waals surface area contributed by atoms with E-state index in [1.54, 1.807) is 0 Å². The highest BCUT2D eigenvalue weighted by molar-refractivity contribution is 5.50. The molecular formula is C9H9F4NO. The lowest BCUT2D eigenvalue weighted by Gasteiger charge is -2.15. The minimum absolute atomic E-state index is 0.0387. The van der Waals surface area contributed by atoms with Gasteiger partial charge in [0.25, 0.3) is 0 Å². The molecule has 6 heteroatoms. The normalized spacial score (nSPS) is 11.3. The first-order chi connectivity index (χ1) is 6.79. The lowest BCUT2D eigenvalue weighted by molar-refractivity contribution is -0.274. The van der Waals surface area contributed by atoms with E-state index in [1.165, 1.54) is 19.0 Å². The molecule has 0 saturated heterocycles. The molecule has 15 heavy (non-hydrogen) atoms. The Labute approximate surface area is 84.1 Å². The van der Waals surface area contributed by atoms with Crippen LogP contribution >= 0.6 is 0 Å². The van der Waals surface area contributed by atoms with Gasteiger partial charge in [-0.1, -0.05) is 0 Å². The van der Waals surface area contributed by atoms with E-state index >= 15 is 0 Å². The summed E-state index contributed by atoms with van der Waals surface area (Å²) in [5, 5.41) is 0. The van der Waals surface area contributed by atoms with E-state index in [4.69, 9.17) is 0 Å². The molecule has 1 aromatic carbocycles. The average Bonchev–Trinajstić information content (AvgIpc) is 2.05. The Balaban J connectivity index is 2.98. The summed E-state index contributed by atoms with van der Waals surface area (Å²) in [5.41, 5.74) is 0.0387. The Morgan fingerprint density at radius 1 is 1.20 bits per heavy atom. The molecule has 0 aliphatic rings. The number of ether oxygens (including phenoxy) is 1. The van der Waals surface area contributed by atoms with Gasteiger partial charge in [0, 0.05) is 20.2 Å². The SMILES string of the molecule is CN(C)c1cc(OC(F)(F)F)ccc1F. The molecule has 0 bridgehead atoms. The summed E-state index contributed by atoms with van der Waals surface area (Å²) in [7, 11) is 3.05. The van der Waals surface area contributed by atoms with Crippen LogP contribution in [0.25, 0.3) is 0 Å². The number of alkyl halides is 3. The third-order valence-corrected chi connectivity index (χ3v) is 1.63. The number of hydrogen-bond acceptors (Lipinski definition) is 2. The smallest absolute Gasteiger partial charge is 0.406 e. The molecule has 0 heterocycles. The molecule has 0 aliphatic heterocycles. The molecule has 0 unspecified atom stereocenters. The quantitative estimate of drug-likeness (QED) is 0.715. The predicted octanol–water partition coefficient (Wildman–Crippen LogP) is 2.79. The number of nitrogens with zero attached hydrogens (tertiary/aromatic N) is 1. The van der Waals surface area contributed by atoms with E-state index in [0.717, 1.165) is 18.2 Å². The van der Waals surface area contributed by atoms with Gasteiger partial charge >= 0.3 is 6.36 Å². The highest BCUT2D eigenvalue weighted by atomic mass is 19.4. The minimum Gasteiger partial charge on any atom is -0.406 e. The fraction of sp³-hybridized carbons (Fsp3) is 0.333. The Hall–Kier alpha value is -1.46. The van der Waals surface area contributed by atoms with Crippen molar-refractivity contribution in [3.63, 3.8) is 0 Å². The van der Waals surface area contributed by atoms with Crippen LogP contribution in [0.2, 0.25) is 0 Å². The largest absolute Gasteiger partial charge is 0.573 e. The first kappa shape index (κ1) is 11.6. The summed E-state index contributed by atoms with van der Waals surface area (Å²) in [6, 6.07) is 2.84. The molecule has 2 nitrogen and oxygen atoms in total. The topological polar surface area (TPSA) is 12.5 Å². The molecule has 1 aromatic rings. The van der Waals surface area contributed by atoms with Crippen molar-refractivity contribution in [1.82, 2.24) is 0 Å². The maximum absolute atomic E-state index is 13.1. The van der Waals surface area contributed by atoms with E-state index in [-0.39, 0.29) is 5.69 Å². The molecule has 84 valence electrons. The zero-order chi connectivity index (χ0) is 11.6. The first-order valence-electron chi connectivity index (χ1n) is 4.02. The van der Waals surface area contributed by atoms with E-state index in [0.29, 0.717) is 0 Å². The number of benzene rings is 1. The van der Waals surface area contributed by atoms with Crippen LogP contribution < -0.4 is 9.64 Å². The molecule has 0 fully saturated rings. The Bertz CT molecular complexity index is 348. The van der Waals surface area contributed by atoms with E-state index < -0.39 is 17.9 Å². The van der Waals surface area contributed by atoms with Gasteiger partial charge in [-0.05, 0) is 12.1 Å². The summed E-state index contributed by atoms with van der Waals surface area (Å²) in [5.74, 6) is -1.04. The zero-order valence-electron chi connectivity index (χ0n) is 8.10. The van der Waals surface area contributed by atoms with E-state index in [9.17, 15) is 17.6 Å². The highest BCUT2D eigenvalue weighted by Crippen LogP contribution is 2.27. The van der Waals surface area contributed by atoms with Crippen molar-refractivity contribution < 1.29 is 22.3 Å². The van der Waals surface area contributed by atoms with Crippen LogP contribution in [0.4, 0.5) is 23.2 Å². The summed E-state index contributed by atoms with van der Waals surface area (Å²) in [4.78, 5) is 1.36. The molecular weight excluding hydrogens is 214 g/mol. The zero-order valence-corrected chi connectivity index (χ0v) is 8.10. The van der Waals surface area contributed by atoms with Crippen molar-refractivity contribution in [2.24, 2.45) is 0 Å². The van der Waals surface area contributed by atoms with E-state index in [1.807, 2.05) is 0 Å². The number of anilines is 1. The van der Waals surface area contributed by atoms with Crippen LogP contribution in [0.15, 0.2) is 18.2 Å².